The number of piperidine rings is 1. The highest BCUT2D eigenvalue weighted by Crippen LogP contribution is 2.36. The van der Waals surface area contributed by atoms with Crippen molar-refractivity contribution in [3.63, 3.8) is 0 Å². The Hall–Kier alpha value is -2.67. The number of ether oxygens (including phenoxy) is 1. The standard InChI is InChI=1S/C21H24N4O2S/c1-3-27-16-9-7-15(8-10-16)24-20(26)18-14(2)17-19(22-13-23-21(17)28-18)25-11-5-4-6-12-25/h7-10,13H,3-6,11-12H2,1-2H3,(H,24,26). The average molecular weight is 397 g/mol. The molecule has 0 aliphatic carbocycles. The van der Waals surface area contributed by atoms with E-state index in [4.69, 9.17) is 4.74 Å². The van der Waals surface area contributed by atoms with E-state index in [9.17, 15) is 4.79 Å². The van der Waals surface area contributed by atoms with Gasteiger partial charge in [-0.15, -0.1) is 11.3 Å². The van der Waals surface area contributed by atoms with Gasteiger partial charge in [-0.3, -0.25) is 4.79 Å². The van der Waals surface area contributed by atoms with Gasteiger partial charge in [-0.1, -0.05) is 0 Å². The van der Waals surface area contributed by atoms with Crippen LogP contribution >= 0.6 is 11.3 Å². The second-order valence-corrected chi connectivity index (χ2v) is 7.89. The number of rotatable bonds is 5. The summed E-state index contributed by atoms with van der Waals surface area (Å²) in [5.41, 5.74) is 1.69. The van der Waals surface area contributed by atoms with Crippen LogP contribution in [0.5, 0.6) is 5.75 Å². The lowest BCUT2D eigenvalue weighted by Gasteiger charge is -2.28. The smallest absolute Gasteiger partial charge is 0.266 e. The maximum Gasteiger partial charge on any atom is 0.266 e. The number of hydrogen-bond donors (Lipinski definition) is 1. The summed E-state index contributed by atoms with van der Waals surface area (Å²) in [4.78, 5) is 25.8. The molecule has 0 bridgehead atoms. The number of nitrogens with zero attached hydrogens (tertiary/aromatic N) is 3. The molecule has 0 atom stereocenters. The quantitative estimate of drug-likeness (QED) is 0.680. The van der Waals surface area contributed by atoms with E-state index >= 15 is 0 Å². The van der Waals surface area contributed by atoms with E-state index in [1.54, 1.807) is 6.33 Å². The van der Waals surface area contributed by atoms with Gasteiger partial charge in [0.15, 0.2) is 0 Å². The Bertz CT molecular complexity index is 978. The predicted octanol–water partition coefficient (Wildman–Crippen LogP) is 4.64. The first kappa shape index (κ1) is 18.7. The summed E-state index contributed by atoms with van der Waals surface area (Å²) in [6, 6.07) is 7.42. The van der Waals surface area contributed by atoms with Gasteiger partial charge in [0.05, 0.1) is 16.9 Å². The highest BCUT2D eigenvalue weighted by Gasteiger charge is 2.22. The molecule has 0 unspecified atom stereocenters. The van der Waals surface area contributed by atoms with Gasteiger partial charge < -0.3 is 15.0 Å². The highest BCUT2D eigenvalue weighted by molar-refractivity contribution is 7.20. The van der Waals surface area contributed by atoms with Crippen LogP contribution in [0.4, 0.5) is 11.5 Å². The van der Waals surface area contributed by atoms with Crippen LogP contribution in [0.2, 0.25) is 0 Å². The summed E-state index contributed by atoms with van der Waals surface area (Å²) in [5.74, 6) is 1.63. The van der Waals surface area contributed by atoms with Crippen molar-refractivity contribution in [2.45, 2.75) is 33.1 Å². The van der Waals surface area contributed by atoms with E-state index < -0.39 is 0 Å². The van der Waals surface area contributed by atoms with Gasteiger partial charge in [0.2, 0.25) is 0 Å². The highest BCUT2D eigenvalue weighted by atomic mass is 32.1. The number of hydrogen-bond acceptors (Lipinski definition) is 6. The van der Waals surface area contributed by atoms with Crippen LogP contribution in [-0.2, 0) is 0 Å². The SMILES string of the molecule is CCOc1ccc(NC(=O)c2sc3ncnc(N4CCCCC4)c3c2C)cc1. The fraction of sp³-hybridized carbons (Fsp3) is 0.381. The Morgan fingerprint density at radius 1 is 1.18 bits per heavy atom. The van der Waals surface area contributed by atoms with E-state index in [1.165, 1.54) is 30.6 Å². The van der Waals surface area contributed by atoms with E-state index in [0.29, 0.717) is 11.5 Å². The van der Waals surface area contributed by atoms with Gasteiger partial charge in [0.1, 0.15) is 22.7 Å². The van der Waals surface area contributed by atoms with E-state index in [1.807, 2.05) is 38.1 Å². The van der Waals surface area contributed by atoms with Crippen LogP contribution in [0.25, 0.3) is 10.2 Å². The molecular weight excluding hydrogens is 372 g/mol. The van der Waals surface area contributed by atoms with Crippen LogP contribution < -0.4 is 15.0 Å². The van der Waals surface area contributed by atoms with Crippen molar-refractivity contribution in [2.24, 2.45) is 0 Å². The Labute approximate surface area is 168 Å². The molecule has 1 aliphatic heterocycles. The fourth-order valence-corrected chi connectivity index (χ4v) is 4.64. The van der Waals surface area contributed by atoms with Crippen LogP contribution in [0.15, 0.2) is 30.6 Å². The monoisotopic (exact) mass is 396 g/mol. The molecule has 0 saturated carbocycles. The van der Waals surface area contributed by atoms with Crippen LogP contribution in [0.3, 0.4) is 0 Å². The largest absolute Gasteiger partial charge is 0.494 e. The lowest BCUT2D eigenvalue weighted by atomic mass is 10.1. The van der Waals surface area contributed by atoms with Gasteiger partial charge in [0, 0.05) is 18.8 Å². The number of fused-ring (bicyclic) bond motifs is 1. The average Bonchev–Trinajstić information content (AvgIpc) is 3.07. The van der Waals surface area contributed by atoms with Crippen LogP contribution in [0.1, 0.15) is 41.4 Å². The third kappa shape index (κ3) is 3.67. The number of anilines is 2. The molecule has 1 aromatic carbocycles. The first-order chi connectivity index (χ1) is 13.7. The number of benzene rings is 1. The summed E-state index contributed by atoms with van der Waals surface area (Å²) in [6.45, 7) is 6.57. The minimum atomic E-state index is -0.116. The molecule has 3 heterocycles. The van der Waals surface area contributed by atoms with Crippen molar-refractivity contribution in [2.75, 3.05) is 29.9 Å². The zero-order chi connectivity index (χ0) is 19.5. The molecule has 0 spiro atoms. The summed E-state index contributed by atoms with van der Waals surface area (Å²) in [6.07, 6.45) is 5.24. The molecule has 1 aliphatic rings. The number of carbonyl (C=O) groups excluding carboxylic acids is 1. The first-order valence-corrected chi connectivity index (χ1v) is 10.5. The predicted molar refractivity (Wildman–Crippen MR) is 114 cm³/mol. The number of nitrogens with one attached hydrogen (secondary N) is 1. The number of carbonyl (C=O) groups is 1. The Morgan fingerprint density at radius 3 is 2.64 bits per heavy atom. The van der Waals surface area contributed by atoms with Gasteiger partial charge in [0.25, 0.3) is 5.91 Å². The summed E-state index contributed by atoms with van der Waals surface area (Å²) < 4.78 is 5.45. The Balaban J connectivity index is 1.61. The van der Waals surface area contributed by atoms with Crippen molar-refractivity contribution < 1.29 is 9.53 Å². The number of aryl methyl sites for hydroxylation is 1. The van der Waals surface area contributed by atoms with Gasteiger partial charge in [-0.25, -0.2) is 9.97 Å². The van der Waals surface area contributed by atoms with E-state index in [2.05, 4.69) is 20.2 Å². The van der Waals surface area contributed by atoms with Gasteiger partial charge in [-0.2, -0.15) is 0 Å². The van der Waals surface area contributed by atoms with Crippen molar-refractivity contribution in [3.8, 4) is 5.75 Å². The molecule has 4 rings (SSSR count). The Morgan fingerprint density at radius 2 is 1.93 bits per heavy atom. The van der Waals surface area contributed by atoms with Crippen LogP contribution in [0, 0.1) is 6.92 Å². The molecule has 28 heavy (non-hydrogen) atoms. The molecule has 7 heteroatoms. The van der Waals surface area contributed by atoms with Crippen molar-refractivity contribution >= 4 is 39.0 Å². The lowest BCUT2D eigenvalue weighted by Crippen LogP contribution is -2.30. The third-order valence-electron chi connectivity index (χ3n) is 4.99. The van der Waals surface area contributed by atoms with Crippen molar-refractivity contribution in [1.82, 2.24) is 9.97 Å². The molecule has 3 aromatic rings. The minimum absolute atomic E-state index is 0.116. The molecule has 1 amide bonds. The summed E-state index contributed by atoms with van der Waals surface area (Å²) in [7, 11) is 0. The fourth-order valence-electron chi connectivity index (χ4n) is 3.60. The maximum absolute atomic E-state index is 12.9. The Kier molecular flexibility index (Phi) is 5.43. The molecular formula is C21H24N4O2S. The first-order valence-electron chi connectivity index (χ1n) is 9.70. The topological polar surface area (TPSA) is 67.3 Å². The molecule has 0 radical (unpaired) electrons. The molecule has 1 fully saturated rings. The van der Waals surface area contributed by atoms with Crippen molar-refractivity contribution in [1.29, 1.82) is 0 Å². The third-order valence-corrected chi connectivity index (χ3v) is 6.19. The molecule has 6 nitrogen and oxygen atoms in total. The molecule has 146 valence electrons. The molecule has 1 saturated heterocycles. The number of aromatic nitrogens is 2. The number of amides is 1. The second kappa shape index (κ2) is 8.14. The van der Waals surface area contributed by atoms with Gasteiger partial charge in [-0.05, 0) is 62.9 Å². The van der Waals surface area contributed by atoms with Crippen molar-refractivity contribution in [3.05, 3.63) is 41.0 Å². The second-order valence-electron chi connectivity index (χ2n) is 6.89. The van der Waals surface area contributed by atoms with E-state index in [0.717, 1.165) is 46.1 Å². The van der Waals surface area contributed by atoms with Gasteiger partial charge >= 0.3 is 0 Å². The molecule has 1 N–H and O–H groups in total. The lowest BCUT2D eigenvalue weighted by molar-refractivity contribution is 0.103. The zero-order valence-electron chi connectivity index (χ0n) is 16.2. The number of thiophene rings is 1. The minimum Gasteiger partial charge on any atom is -0.494 e. The summed E-state index contributed by atoms with van der Waals surface area (Å²) in [5, 5.41) is 3.99. The van der Waals surface area contributed by atoms with Crippen LogP contribution in [-0.4, -0.2) is 35.6 Å². The van der Waals surface area contributed by atoms with E-state index in [-0.39, 0.29) is 5.91 Å². The maximum atomic E-state index is 12.9. The molecule has 2 aromatic heterocycles. The normalized spacial score (nSPS) is 14.3. The zero-order valence-corrected chi connectivity index (χ0v) is 17.0. The summed E-state index contributed by atoms with van der Waals surface area (Å²) >= 11 is 1.43.